The van der Waals surface area contributed by atoms with Crippen LogP contribution in [-0.2, 0) is 11.8 Å². The number of benzene rings is 1. The summed E-state index contributed by atoms with van der Waals surface area (Å²) in [7, 11) is 0. The Morgan fingerprint density at radius 3 is 0.684 bits per heavy atom. The van der Waals surface area contributed by atoms with E-state index in [0.29, 0.717) is 0 Å². The number of hydrogen-bond acceptors (Lipinski definition) is 0. The highest BCUT2D eigenvalue weighted by atomic mass is 19.4. The van der Waals surface area contributed by atoms with E-state index >= 15 is 0 Å². The lowest BCUT2D eigenvalue weighted by Gasteiger charge is -2.40. The maximum Gasteiger partial charge on any atom is 0.460 e. The van der Waals surface area contributed by atoms with Gasteiger partial charge in [-0.2, -0.15) is 96.6 Å². The molecule has 0 radical (unpaired) electrons. The highest BCUT2D eigenvalue weighted by Gasteiger charge is 2.89. The van der Waals surface area contributed by atoms with Crippen LogP contribution in [0.1, 0.15) is 11.1 Å². The molecule has 1 aromatic rings. The number of hydrogen-bond donors (Lipinski definition) is 0. The maximum atomic E-state index is 14.2. The Morgan fingerprint density at radius 2 is 0.500 bits per heavy atom. The Morgan fingerprint density at radius 1 is 0.289 bits per heavy atom. The Hall–Kier alpha value is -2.32. The standard InChI is InChI=1S/C16H4F22/c17-7(18,9(21,22)11(25,26)13(29,30)15(33,34)35)5-3-1-2-4-6(5)8(19,20)10(23,24)12(27,28)14(31,32)16(36,37)38/h1-4H. The molecule has 22 heteroatoms. The van der Waals surface area contributed by atoms with Crippen LogP contribution in [0.4, 0.5) is 96.6 Å². The van der Waals surface area contributed by atoms with Gasteiger partial charge in [-0.25, -0.2) is 0 Å². The average molecular weight is 614 g/mol. The van der Waals surface area contributed by atoms with Crippen molar-refractivity contribution in [1.82, 2.24) is 0 Å². The Kier molecular flexibility index (Phi) is 7.62. The van der Waals surface area contributed by atoms with Gasteiger partial charge >= 0.3 is 59.7 Å². The van der Waals surface area contributed by atoms with Crippen molar-refractivity contribution < 1.29 is 96.6 Å². The average Bonchev–Trinajstić information content (AvgIpc) is 2.71. The van der Waals surface area contributed by atoms with E-state index in [0.717, 1.165) is 0 Å². The fourth-order valence-corrected chi connectivity index (χ4v) is 2.51. The SMILES string of the molecule is FC(F)(F)C(F)(F)C(F)(F)C(F)(F)C(F)(F)c1ccccc1C(F)(F)C(F)(F)C(F)(F)C(F)(F)C(F)(F)F. The molecule has 0 saturated heterocycles. The summed E-state index contributed by atoms with van der Waals surface area (Å²) in [6, 6.07) is -2.82. The molecule has 0 N–H and O–H groups in total. The Balaban J connectivity index is 3.97. The van der Waals surface area contributed by atoms with Crippen molar-refractivity contribution in [3.05, 3.63) is 35.4 Å². The zero-order chi connectivity index (χ0) is 31.0. The van der Waals surface area contributed by atoms with Gasteiger partial charge < -0.3 is 0 Å². The largest absolute Gasteiger partial charge is 0.460 e. The molecular formula is C16H4F22. The van der Waals surface area contributed by atoms with Crippen molar-refractivity contribution >= 4 is 0 Å². The molecule has 0 saturated carbocycles. The third-order valence-electron chi connectivity index (χ3n) is 4.68. The molecule has 0 aliphatic heterocycles. The van der Waals surface area contributed by atoms with E-state index in [2.05, 4.69) is 0 Å². The van der Waals surface area contributed by atoms with E-state index in [1.807, 2.05) is 0 Å². The van der Waals surface area contributed by atoms with Gasteiger partial charge in [0, 0.05) is 11.1 Å². The first-order valence-electron chi connectivity index (χ1n) is 8.48. The molecule has 222 valence electrons. The molecular weight excluding hydrogens is 610 g/mol. The predicted octanol–water partition coefficient (Wildman–Crippen LogP) is 8.81. The lowest BCUT2D eigenvalue weighted by atomic mass is 9.85. The maximum absolute atomic E-state index is 14.2. The molecule has 0 aliphatic rings. The predicted molar refractivity (Wildman–Crippen MR) is 76.0 cm³/mol. The van der Waals surface area contributed by atoms with Gasteiger partial charge in [-0.15, -0.1) is 0 Å². The van der Waals surface area contributed by atoms with Crippen molar-refractivity contribution in [3.63, 3.8) is 0 Å². The van der Waals surface area contributed by atoms with Crippen LogP contribution in [0.3, 0.4) is 0 Å². The molecule has 0 fully saturated rings. The van der Waals surface area contributed by atoms with Gasteiger partial charge in [-0.3, -0.25) is 0 Å². The number of alkyl halides is 22. The highest BCUT2D eigenvalue weighted by Crippen LogP contribution is 2.63. The van der Waals surface area contributed by atoms with E-state index in [-0.39, 0.29) is 12.1 Å². The van der Waals surface area contributed by atoms with E-state index in [1.54, 1.807) is 0 Å². The summed E-state index contributed by atoms with van der Waals surface area (Å²) in [5, 5.41) is 0. The zero-order valence-electron chi connectivity index (χ0n) is 16.6. The summed E-state index contributed by atoms with van der Waals surface area (Å²) >= 11 is 0. The van der Waals surface area contributed by atoms with Gasteiger partial charge in [-0.05, 0) is 0 Å². The van der Waals surface area contributed by atoms with Gasteiger partial charge in [0.15, 0.2) is 0 Å². The second-order valence-electron chi connectivity index (χ2n) is 7.14. The van der Waals surface area contributed by atoms with Crippen molar-refractivity contribution in [2.75, 3.05) is 0 Å². The first-order chi connectivity index (χ1) is 16.2. The van der Waals surface area contributed by atoms with Crippen molar-refractivity contribution in [3.8, 4) is 0 Å². The van der Waals surface area contributed by atoms with Crippen LogP contribution in [0.5, 0.6) is 0 Å². The number of rotatable bonds is 8. The van der Waals surface area contributed by atoms with Gasteiger partial charge in [-0.1, -0.05) is 24.3 Å². The van der Waals surface area contributed by atoms with E-state index in [9.17, 15) is 96.6 Å². The zero-order valence-corrected chi connectivity index (χ0v) is 16.6. The normalized spacial score (nSPS) is 16.2. The molecule has 0 unspecified atom stereocenters. The molecule has 0 nitrogen and oxygen atoms in total. The van der Waals surface area contributed by atoms with Crippen LogP contribution in [0.25, 0.3) is 0 Å². The first kappa shape index (κ1) is 33.7. The molecule has 1 rings (SSSR count). The summed E-state index contributed by atoms with van der Waals surface area (Å²) in [5.41, 5.74) is -7.70. The quantitative estimate of drug-likeness (QED) is 0.257. The summed E-state index contributed by atoms with van der Waals surface area (Å²) in [6.07, 6.45) is -15.5. The van der Waals surface area contributed by atoms with Crippen molar-refractivity contribution in [1.29, 1.82) is 0 Å². The molecule has 1 aromatic carbocycles. The van der Waals surface area contributed by atoms with Crippen molar-refractivity contribution in [2.45, 2.75) is 59.7 Å². The lowest BCUT2D eigenvalue weighted by Crippen LogP contribution is -2.66. The minimum atomic E-state index is -8.32. The van der Waals surface area contributed by atoms with E-state index in [4.69, 9.17) is 0 Å². The third-order valence-corrected chi connectivity index (χ3v) is 4.68. The van der Waals surface area contributed by atoms with Crippen LogP contribution >= 0.6 is 0 Å². The minimum absolute atomic E-state index is 0.292. The highest BCUT2D eigenvalue weighted by molar-refractivity contribution is 5.39. The Bertz CT molecular complexity index is 928. The molecule has 0 amide bonds. The summed E-state index contributed by atoms with van der Waals surface area (Å²) in [5.74, 6) is -64.4. The van der Waals surface area contributed by atoms with E-state index < -0.39 is 83.0 Å². The summed E-state index contributed by atoms with van der Waals surface area (Å²) in [6.45, 7) is 0. The molecule has 0 heterocycles. The van der Waals surface area contributed by atoms with Crippen LogP contribution in [-0.4, -0.2) is 47.9 Å². The van der Waals surface area contributed by atoms with Gasteiger partial charge in [0.05, 0.1) is 0 Å². The second-order valence-corrected chi connectivity index (χ2v) is 7.14. The molecule has 0 bridgehead atoms. The summed E-state index contributed by atoms with van der Waals surface area (Å²) < 4.78 is 290. The molecule has 0 atom stereocenters. The first-order valence-corrected chi connectivity index (χ1v) is 8.48. The fraction of sp³-hybridized carbons (Fsp3) is 0.625. The fourth-order valence-electron chi connectivity index (χ4n) is 2.51. The molecule has 38 heavy (non-hydrogen) atoms. The van der Waals surface area contributed by atoms with Gasteiger partial charge in [0.1, 0.15) is 0 Å². The summed E-state index contributed by atoms with van der Waals surface area (Å²) in [4.78, 5) is 0. The molecule has 0 aromatic heterocycles. The van der Waals surface area contributed by atoms with Crippen LogP contribution in [0.2, 0.25) is 0 Å². The lowest BCUT2D eigenvalue weighted by molar-refractivity contribution is -0.428. The smallest absolute Gasteiger partial charge is 0.194 e. The molecule has 0 aliphatic carbocycles. The van der Waals surface area contributed by atoms with Crippen molar-refractivity contribution in [2.24, 2.45) is 0 Å². The molecule has 0 spiro atoms. The van der Waals surface area contributed by atoms with Gasteiger partial charge in [0.2, 0.25) is 0 Å². The van der Waals surface area contributed by atoms with Crippen LogP contribution < -0.4 is 0 Å². The number of halogens is 22. The Labute approximate surface area is 193 Å². The van der Waals surface area contributed by atoms with Gasteiger partial charge in [0.25, 0.3) is 0 Å². The third kappa shape index (κ3) is 4.19. The monoisotopic (exact) mass is 614 g/mol. The van der Waals surface area contributed by atoms with E-state index in [1.165, 1.54) is 0 Å². The topological polar surface area (TPSA) is 0 Å². The second kappa shape index (κ2) is 8.59. The minimum Gasteiger partial charge on any atom is -0.194 e. The van der Waals surface area contributed by atoms with Crippen LogP contribution in [0.15, 0.2) is 24.3 Å². The van der Waals surface area contributed by atoms with Crippen LogP contribution in [0, 0.1) is 0 Å².